The lowest BCUT2D eigenvalue weighted by atomic mass is 10.1. The van der Waals surface area contributed by atoms with Crippen LogP contribution in [0.4, 0.5) is 0 Å². The average Bonchev–Trinajstić information content (AvgIpc) is 3.58. The Morgan fingerprint density at radius 1 is 1.10 bits per heavy atom. The monoisotopic (exact) mass is 428 g/mol. The van der Waals surface area contributed by atoms with Gasteiger partial charge in [-0.15, -0.1) is 0 Å². The molecule has 158 valence electrons. The molecule has 1 aliphatic carbocycles. The molecule has 7 heteroatoms. The smallest absolute Gasteiger partial charge is 0.267 e. The van der Waals surface area contributed by atoms with Crippen LogP contribution in [0.5, 0.6) is 5.75 Å². The molecule has 0 saturated heterocycles. The fourth-order valence-electron chi connectivity index (χ4n) is 2.80. The second kappa shape index (κ2) is 10.8. The van der Waals surface area contributed by atoms with Crippen molar-refractivity contribution in [2.45, 2.75) is 19.3 Å². The van der Waals surface area contributed by atoms with Crippen LogP contribution in [0.25, 0.3) is 6.08 Å². The maximum atomic E-state index is 12.7. The maximum absolute atomic E-state index is 12.7. The summed E-state index contributed by atoms with van der Waals surface area (Å²) in [6.45, 7) is 0.560. The van der Waals surface area contributed by atoms with Crippen molar-refractivity contribution in [2.75, 3.05) is 19.8 Å². The number of rotatable bonds is 10. The molecule has 2 aromatic rings. The van der Waals surface area contributed by atoms with Crippen LogP contribution in [-0.4, -0.2) is 36.7 Å². The first-order valence-corrected chi connectivity index (χ1v) is 10.3. The average molecular weight is 429 g/mol. The Morgan fingerprint density at radius 3 is 2.43 bits per heavy atom. The third-order valence-corrected chi connectivity index (χ3v) is 4.93. The third-order valence-electron chi connectivity index (χ3n) is 4.68. The van der Waals surface area contributed by atoms with Crippen molar-refractivity contribution in [3.8, 4) is 5.75 Å². The van der Waals surface area contributed by atoms with Gasteiger partial charge in [0.1, 0.15) is 11.4 Å². The molecular weight excluding hydrogens is 404 g/mol. The fourth-order valence-corrected chi connectivity index (χ4v) is 2.92. The minimum atomic E-state index is -0.493. The van der Waals surface area contributed by atoms with Crippen molar-refractivity contribution >= 4 is 29.5 Å². The second-order valence-electron chi connectivity index (χ2n) is 7.15. The molecule has 0 aliphatic heterocycles. The van der Waals surface area contributed by atoms with Gasteiger partial charge in [0.2, 0.25) is 0 Å². The highest BCUT2D eigenvalue weighted by Crippen LogP contribution is 2.32. The van der Waals surface area contributed by atoms with Crippen molar-refractivity contribution in [1.29, 1.82) is 0 Å². The Kier molecular flexibility index (Phi) is 7.88. The van der Waals surface area contributed by atoms with Gasteiger partial charge in [0, 0.05) is 17.1 Å². The lowest BCUT2D eigenvalue weighted by molar-refractivity contribution is -0.117. The molecule has 1 fully saturated rings. The SMILES string of the molecule is O=C(NCCO)C(=Cc1ccc(Cl)cc1)NC(=O)c1ccc(OCCC2CC2)cc1. The van der Waals surface area contributed by atoms with Crippen molar-refractivity contribution in [3.05, 3.63) is 70.4 Å². The lowest BCUT2D eigenvalue weighted by Gasteiger charge is -2.11. The summed E-state index contributed by atoms with van der Waals surface area (Å²) in [5.41, 5.74) is 1.18. The fraction of sp³-hybridized carbons (Fsp3) is 0.304. The number of carbonyl (C=O) groups excluding carboxylic acids is 2. The van der Waals surface area contributed by atoms with Crippen LogP contribution in [-0.2, 0) is 4.79 Å². The molecule has 0 aromatic heterocycles. The van der Waals surface area contributed by atoms with E-state index in [4.69, 9.17) is 21.4 Å². The van der Waals surface area contributed by atoms with Crippen molar-refractivity contribution in [2.24, 2.45) is 5.92 Å². The predicted octanol–water partition coefficient (Wildman–Crippen LogP) is 3.40. The molecule has 2 amide bonds. The highest BCUT2D eigenvalue weighted by atomic mass is 35.5. The Labute approximate surface area is 180 Å². The molecule has 3 rings (SSSR count). The zero-order valence-corrected chi connectivity index (χ0v) is 17.3. The first-order chi connectivity index (χ1) is 14.5. The van der Waals surface area contributed by atoms with E-state index in [0.29, 0.717) is 28.5 Å². The molecule has 2 aromatic carbocycles. The number of hydrogen-bond donors (Lipinski definition) is 3. The molecule has 1 aliphatic rings. The summed E-state index contributed by atoms with van der Waals surface area (Å²) < 4.78 is 5.70. The zero-order chi connectivity index (χ0) is 21.3. The van der Waals surface area contributed by atoms with E-state index >= 15 is 0 Å². The first-order valence-electron chi connectivity index (χ1n) is 9.95. The van der Waals surface area contributed by atoms with Crippen LogP contribution >= 0.6 is 11.6 Å². The summed E-state index contributed by atoms with van der Waals surface area (Å²) in [5.74, 6) is 0.606. The van der Waals surface area contributed by atoms with Gasteiger partial charge in [0.05, 0.1) is 13.2 Å². The largest absolute Gasteiger partial charge is 0.494 e. The Morgan fingerprint density at radius 2 is 1.80 bits per heavy atom. The van der Waals surface area contributed by atoms with E-state index in [1.165, 1.54) is 12.8 Å². The first kappa shape index (κ1) is 21.9. The van der Waals surface area contributed by atoms with Crippen molar-refractivity contribution in [3.63, 3.8) is 0 Å². The zero-order valence-electron chi connectivity index (χ0n) is 16.6. The number of aliphatic hydroxyl groups is 1. The van der Waals surface area contributed by atoms with E-state index in [-0.39, 0.29) is 18.8 Å². The molecular formula is C23H25ClN2O4. The summed E-state index contributed by atoms with van der Waals surface area (Å²) in [6.07, 6.45) is 5.20. The summed E-state index contributed by atoms with van der Waals surface area (Å²) >= 11 is 5.90. The van der Waals surface area contributed by atoms with E-state index in [1.807, 2.05) is 0 Å². The maximum Gasteiger partial charge on any atom is 0.267 e. The van der Waals surface area contributed by atoms with Gasteiger partial charge in [-0.2, -0.15) is 0 Å². The lowest BCUT2D eigenvalue weighted by Crippen LogP contribution is -2.36. The summed E-state index contributed by atoms with van der Waals surface area (Å²) in [5, 5.41) is 14.7. The van der Waals surface area contributed by atoms with E-state index in [1.54, 1.807) is 54.6 Å². The molecule has 0 unspecified atom stereocenters. The molecule has 1 saturated carbocycles. The van der Waals surface area contributed by atoms with Crippen LogP contribution in [0, 0.1) is 5.92 Å². The van der Waals surface area contributed by atoms with Gasteiger partial charge >= 0.3 is 0 Å². The van der Waals surface area contributed by atoms with E-state index in [9.17, 15) is 9.59 Å². The molecule has 0 heterocycles. The summed E-state index contributed by atoms with van der Waals surface area (Å²) in [4.78, 5) is 25.1. The topological polar surface area (TPSA) is 87.7 Å². The molecule has 6 nitrogen and oxygen atoms in total. The summed E-state index contributed by atoms with van der Waals surface area (Å²) in [7, 11) is 0. The number of aliphatic hydroxyl groups excluding tert-OH is 1. The van der Waals surface area contributed by atoms with E-state index in [0.717, 1.165) is 12.3 Å². The number of amides is 2. The van der Waals surface area contributed by atoms with Crippen LogP contribution in [0.15, 0.2) is 54.2 Å². The summed E-state index contributed by atoms with van der Waals surface area (Å²) in [6, 6.07) is 13.7. The molecule has 0 bridgehead atoms. The standard InChI is InChI=1S/C23H25ClN2O4/c24-19-7-3-17(4-8-19)15-21(23(29)25-12-13-27)26-22(28)18-5-9-20(10-6-18)30-14-11-16-1-2-16/h3-10,15-16,27H,1-2,11-14H2,(H,25,29)(H,26,28). The third kappa shape index (κ3) is 6.90. The number of carbonyl (C=O) groups is 2. The molecule has 0 radical (unpaired) electrons. The second-order valence-corrected chi connectivity index (χ2v) is 7.58. The van der Waals surface area contributed by atoms with E-state index in [2.05, 4.69) is 10.6 Å². The Hall–Kier alpha value is -2.83. The van der Waals surface area contributed by atoms with Gasteiger partial charge in [-0.05, 0) is 60.4 Å². The molecule has 0 atom stereocenters. The van der Waals surface area contributed by atoms with Gasteiger partial charge in [-0.3, -0.25) is 9.59 Å². The van der Waals surface area contributed by atoms with Gasteiger partial charge in [0.25, 0.3) is 11.8 Å². The number of ether oxygens (including phenoxy) is 1. The van der Waals surface area contributed by atoms with Crippen LogP contribution in [0.2, 0.25) is 5.02 Å². The number of halogens is 1. The van der Waals surface area contributed by atoms with Gasteiger partial charge in [0.15, 0.2) is 0 Å². The number of hydrogen-bond acceptors (Lipinski definition) is 4. The van der Waals surface area contributed by atoms with Gasteiger partial charge < -0.3 is 20.5 Å². The van der Waals surface area contributed by atoms with Crippen molar-refractivity contribution < 1.29 is 19.4 Å². The van der Waals surface area contributed by atoms with Gasteiger partial charge in [-0.1, -0.05) is 36.6 Å². The van der Waals surface area contributed by atoms with E-state index < -0.39 is 11.8 Å². The minimum absolute atomic E-state index is 0.0699. The minimum Gasteiger partial charge on any atom is -0.494 e. The number of nitrogens with one attached hydrogen (secondary N) is 2. The quantitative estimate of drug-likeness (QED) is 0.506. The van der Waals surface area contributed by atoms with Crippen LogP contribution in [0.1, 0.15) is 35.2 Å². The Bertz CT molecular complexity index is 890. The highest BCUT2D eigenvalue weighted by molar-refractivity contribution is 6.30. The highest BCUT2D eigenvalue weighted by Gasteiger charge is 2.20. The molecule has 30 heavy (non-hydrogen) atoms. The Balaban J connectivity index is 1.66. The van der Waals surface area contributed by atoms with Crippen LogP contribution < -0.4 is 15.4 Å². The predicted molar refractivity (Wildman–Crippen MR) is 116 cm³/mol. The molecule has 3 N–H and O–H groups in total. The molecule has 0 spiro atoms. The normalized spacial score (nSPS) is 13.6. The number of benzene rings is 2. The van der Waals surface area contributed by atoms with Gasteiger partial charge in [-0.25, -0.2) is 0 Å². The van der Waals surface area contributed by atoms with Crippen LogP contribution in [0.3, 0.4) is 0 Å². The van der Waals surface area contributed by atoms with Crippen molar-refractivity contribution in [1.82, 2.24) is 10.6 Å².